The maximum absolute atomic E-state index is 10.6. The van der Waals surface area contributed by atoms with Crippen LogP contribution in [0.4, 0.5) is 0 Å². The Morgan fingerprint density at radius 1 is 0.697 bits per heavy atom. The summed E-state index contributed by atoms with van der Waals surface area (Å²) >= 11 is 0. The first-order chi connectivity index (χ1) is 16.4. The lowest BCUT2D eigenvalue weighted by molar-refractivity contribution is -0.169. The maximum atomic E-state index is 10.6. The lowest BCUT2D eigenvalue weighted by Crippen LogP contribution is -2.24. The van der Waals surface area contributed by atoms with Crippen molar-refractivity contribution >= 4 is 6.29 Å². The summed E-state index contributed by atoms with van der Waals surface area (Å²) in [7, 11) is 0. The number of ether oxygens (including phenoxy) is 8. The van der Waals surface area contributed by atoms with Gasteiger partial charge in [0.1, 0.15) is 18.6 Å². The van der Waals surface area contributed by atoms with E-state index in [1.54, 1.807) is 24.3 Å². The average Bonchev–Trinajstić information content (AvgIpc) is 2.86. The second-order valence-electron chi connectivity index (χ2n) is 7.26. The fraction of sp³-hybridized carbons (Fsp3) is 0.708. The lowest BCUT2D eigenvalue weighted by Gasteiger charge is -2.22. The standard InChI is InChI=1S/C24H38O9/c25-21-22-4-6-23(7-5-22)31-19-17-29-15-13-27-11-9-26-10-12-28-14-16-30-18-20-33-24-3-1-2-8-32-24/h4-7,21,24H,1-3,8-20H2. The molecule has 0 aromatic heterocycles. The molecule has 1 atom stereocenters. The predicted octanol–water partition coefficient (Wildman–Crippen LogP) is 2.50. The largest absolute Gasteiger partial charge is 0.491 e. The van der Waals surface area contributed by atoms with Crippen molar-refractivity contribution in [3.8, 4) is 5.75 Å². The third-order valence-electron chi connectivity index (χ3n) is 4.67. The normalized spacial score (nSPS) is 16.1. The molecule has 1 fully saturated rings. The van der Waals surface area contributed by atoms with Crippen LogP contribution in [-0.2, 0) is 33.2 Å². The van der Waals surface area contributed by atoms with Gasteiger partial charge in [0.05, 0.1) is 72.7 Å². The van der Waals surface area contributed by atoms with Crippen LogP contribution in [0.5, 0.6) is 5.75 Å². The highest BCUT2D eigenvalue weighted by molar-refractivity contribution is 5.74. The van der Waals surface area contributed by atoms with E-state index in [-0.39, 0.29) is 6.29 Å². The molecular formula is C24H38O9. The number of benzene rings is 1. The number of hydrogen-bond donors (Lipinski definition) is 0. The quantitative estimate of drug-likeness (QED) is 0.198. The molecule has 1 aromatic rings. The molecular weight excluding hydrogens is 432 g/mol. The van der Waals surface area contributed by atoms with Gasteiger partial charge in [0.2, 0.25) is 0 Å². The van der Waals surface area contributed by atoms with Crippen LogP contribution in [0.2, 0.25) is 0 Å². The van der Waals surface area contributed by atoms with Gasteiger partial charge in [0.15, 0.2) is 6.29 Å². The topological polar surface area (TPSA) is 90.9 Å². The van der Waals surface area contributed by atoms with Gasteiger partial charge in [-0.05, 0) is 43.5 Å². The fourth-order valence-corrected chi connectivity index (χ4v) is 2.92. The van der Waals surface area contributed by atoms with Crippen LogP contribution in [0.1, 0.15) is 29.6 Å². The van der Waals surface area contributed by atoms with E-state index in [1.807, 2.05) is 0 Å². The van der Waals surface area contributed by atoms with Gasteiger partial charge in [0, 0.05) is 12.2 Å². The first-order valence-electron chi connectivity index (χ1n) is 11.7. The minimum Gasteiger partial charge on any atom is -0.491 e. The van der Waals surface area contributed by atoms with Crippen molar-refractivity contribution in [3.05, 3.63) is 29.8 Å². The lowest BCUT2D eigenvalue weighted by atomic mass is 10.2. The molecule has 0 bridgehead atoms. The number of carbonyl (C=O) groups excluding carboxylic acids is 1. The Bertz CT molecular complexity index is 576. The monoisotopic (exact) mass is 470 g/mol. The van der Waals surface area contributed by atoms with E-state index in [2.05, 4.69) is 0 Å². The molecule has 188 valence electrons. The number of aldehydes is 1. The first kappa shape index (κ1) is 27.7. The molecule has 2 rings (SSSR count). The van der Waals surface area contributed by atoms with Gasteiger partial charge >= 0.3 is 0 Å². The number of carbonyl (C=O) groups is 1. The summed E-state index contributed by atoms with van der Waals surface area (Å²) in [5.41, 5.74) is 0.625. The van der Waals surface area contributed by atoms with E-state index < -0.39 is 0 Å². The van der Waals surface area contributed by atoms with Crippen LogP contribution in [0, 0.1) is 0 Å². The highest BCUT2D eigenvalue weighted by Crippen LogP contribution is 2.13. The van der Waals surface area contributed by atoms with Crippen LogP contribution in [-0.4, -0.2) is 98.5 Å². The minimum absolute atomic E-state index is 0.0628. The summed E-state index contributed by atoms with van der Waals surface area (Å²) in [6.45, 7) is 6.93. The van der Waals surface area contributed by atoms with Crippen molar-refractivity contribution in [1.82, 2.24) is 0 Å². The molecule has 0 N–H and O–H groups in total. The van der Waals surface area contributed by atoms with E-state index in [9.17, 15) is 4.79 Å². The zero-order valence-corrected chi connectivity index (χ0v) is 19.5. The molecule has 1 aliphatic rings. The van der Waals surface area contributed by atoms with Crippen molar-refractivity contribution in [2.75, 3.05) is 85.9 Å². The predicted molar refractivity (Wildman–Crippen MR) is 121 cm³/mol. The van der Waals surface area contributed by atoms with Crippen molar-refractivity contribution in [1.29, 1.82) is 0 Å². The summed E-state index contributed by atoms with van der Waals surface area (Å²) in [4.78, 5) is 10.6. The smallest absolute Gasteiger partial charge is 0.157 e. The molecule has 1 unspecified atom stereocenters. The number of hydrogen-bond acceptors (Lipinski definition) is 9. The maximum Gasteiger partial charge on any atom is 0.157 e. The molecule has 0 aliphatic carbocycles. The van der Waals surface area contributed by atoms with E-state index in [0.29, 0.717) is 90.6 Å². The van der Waals surface area contributed by atoms with Crippen molar-refractivity contribution in [2.24, 2.45) is 0 Å². The van der Waals surface area contributed by atoms with Crippen LogP contribution >= 0.6 is 0 Å². The van der Waals surface area contributed by atoms with Gasteiger partial charge in [-0.1, -0.05) is 0 Å². The molecule has 33 heavy (non-hydrogen) atoms. The Balaban J connectivity index is 1.22. The molecule has 1 aliphatic heterocycles. The molecule has 0 saturated carbocycles. The van der Waals surface area contributed by atoms with E-state index in [4.69, 9.17) is 37.9 Å². The van der Waals surface area contributed by atoms with E-state index in [0.717, 1.165) is 25.7 Å². The van der Waals surface area contributed by atoms with Crippen LogP contribution < -0.4 is 4.74 Å². The third-order valence-corrected chi connectivity index (χ3v) is 4.67. The SMILES string of the molecule is O=Cc1ccc(OCCOCCOCCOCCOCCOCCOC2CCCCO2)cc1. The Labute approximate surface area is 196 Å². The van der Waals surface area contributed by atoms with Gasteiger partial charge in [-0.2, -0.15) is 0 Å². The molecule has 9 nitrogen and oxygen atoms in total. The Kier molecular flexibility index (Phi) is 16.6. The summed E-state index contributed by atoms with van der Waals surface area (Å²) in [6, 6.07) is 6.95. The summed E-state index contributed by atoms with van der Waals surface area (Å²) in [5.74, 6) is 0.712. The molecule has 0 amide bonds. The van der Waals surface area contributed by atoms with Gasteiger partial charge < -0.3 is 37.9 Å². The zero-order valence-electron chi connectivity index (χ0n) is 19.5. The summed E-state index contributed by atoms with van der Waals surface area (Å²) < 4.78 is 43.9. The van der Waals surface area contributed by atoms with Crippen LogP contribution in [0.25, 0.3) is 0 Å². The van der Waals surface area contributed by atoms with Crippen molar-refractivity contribution in [3.63, 3.8) is 0 Å². The molecule has 0 radical (unpaired) electrons. The molecule has 1 heterocycles. The minimum atomic E-state index is -0.0628. The summed E-state index contributed by atoms with van der Waals surface area (Å²) in [6.07, 6.45) is 4.00. The van der Waals surface area contributed by atoms with Gasteiger partial charge in [-0.25, -0.2) is 0 Å². The zero-order chi connectivity index (χ0) is 23.2. The highest BCUT2D eigenvalue weighted by Gasteiger charge is 2.13. The Morgan fingerprint density at radius 2 is 1.21 bits per heavy atom. The third kappa shape index (κ3) is 15.0. The van der Waals surface area contributed by atoms with Gasteiger partial charge in [-0.15, -0.1) is 0 Å². The Hall–Kier alpha value is -1.59. The highest BCUT2D eigenvalue weighted by atomic mass is 16.7. The van der Waals surface area contributed by atoms with Gasteiger partial charge in [0.25, 0.3) is 0 Å². The molecule has 1 aromatic carbocycles. The van der Waals surface area contributed by atoms with E-state index >= 15 is 0 Å². The van der Waals surface area contributed by atoms with E-state index in [1.165, 1.54) is 6.42 Å². The second kappa shape index (κ2) is 19.8. The first-order valence-corrected chi connectivity index (χ1v) is 11.7. The number of rotatable bonds is 21. The second-order valence-corrected chi connectivity index (χ2v) is 7.26. The van der Waals surface area contributed by atoms with Crippen molar-refractivity contribution < 1.29 is 42.7 Å². The van der Waals surface area contributed by atoms with Gasteiger partial charge in [-0.3, -0.25) is 4.79 Å². The van der Waals surface area contributed by atoms with Crippen LogP contribution in [0.15, 0.2) is 24.3 Å². The summed E-state index contributed by atoms with van der Waals surface area (Å²) in [5, 5.41) is 0. The van der Waals surface area contributed by atoms with Crippen molar-refractivity contribution in [2.45, 2.75) is 25.6 Å². The average molecular weight is 471 g/mol. The molecule has 1 saturated heterocycles. The van der Waals surface area contributed by atoms with Crippen LogP contribution in [0.3, 0.4) is 0 Å². The molecule has 0 spiro atoms. The Morgan fingerprint density at radius 3 is 1.70 bits per heavy atom. The fourth-order valence-electron chi connectivity index (χ4n) is 2.92. The molecule has 9 heteroatoms.